The molecule has 3 fully saturated rings. The third kappa shape index (κ3) is 5.79. The van der Waals surface area contributed by atoms with Crippen molar-refractivity contribution in [3.8, 4) is 0 Å². The lowest BCUT2D eigenvalue weighted by Gasteiger charge is -2.37. The lowest BCUT2D eigenvalue weighted by atomic mass is 9.70. The molecule has 2 aromatic rings. The molecule has 1 N–H and O–H groups in total. The molecular formula is C36H46N4O5. The number of aliphatic hydroxyl groups is 1. The monoisotopic (exact) mass is 614 g/mol. The molecule has 3 saturated heterocycles. The first-order valence-corrected chi connectivity index (χ1v) is 16.2. The Hall–Kier alpha value is -3.95. The van der Waals surface area contributed by atoms with E-state index in [0.29, 0.717) is 44.5 Å². The van der Waals surface area contributed by atoms with E-state index in [9.17, 15) is 19.5 Å². The molecule has 0 radical (unpaired) electrons. The Morgan fingerprint density at radius 1 is 0.933 bits per heavy atom. The second kappa shape index (κ2) is 14.0. The zero-order valence-corrected chi connectivity index (χ0v) is 26.5. The third-order valence-electron chi connectivity index (χ3n) is 9.64. The standard InChI is InChI=1S/C36H46N4O5/c1-5-22-38(27-14-10-9-11-15-27)33(42)30-29-20-21-36(45-29)31(30)34(43)40(24-12-13-25-41)32(36)35(44)39(23-6-2)28-18-16-26(17-19-28)37(7-3)8-4/h5-6,9-11,14-19,29-32,41H,1-2,7-8,12-13,20-25H2,3-4H3/t29-,30+,31+,32?,36?/m1/s1. The van der Waals surface area contributed by atoms with Gasteiger partial charge in [-0.3, -0.25) is 14.4 Å². The number of hydrogen-bond donors (Lipinski definition) is 1. The molecule has 0 aromatic heterocycles. The first kappa shape index (κ1) is 32.4. The lowest BCUT2D eigenvalue weighted by Crippen LogP contribution is -2.56. The molecule has 1 spiro atoms. The zero-order valence-electron chi connectivity index (χ0n) is 26.5. The van der Waals surface area contributed by atoms with Crippen LogP contribution in [0.3, 0.4) is 0 Å². The van der Waals surface area contributed by atoms with Crippen molar-refractivity contribution in [2.24, 2.45) is 11.8 Å². The summed E-state index contributed by atoms with van der Waals surface area (Å²) in [5.74, 6) is -2.16. The van der Waals surface area contributed by atoms with Crippen LogP contribution in [-0.4, -0.2) is 84.8 Å². The number of benzene rings is 2. The summed E-state index contributed by atoms with van der Waals surface area (Å²) in [6, 6.07) is 16.4. The van der Waals surface area contributed by atoms with Crippen LogP contribution in [-0.2, 0) is 19.1 Å². The fraction of sp³-hybridized carbons (Fsp3) is 0.472. The summed E-state index contributed by atoms with van der Waals surface area (Å²) in [5, 5.41) is 9.51. The quantitative estimate of drug-likeness (QED) is 0.236. The van der Waals surface area contributed by atoms with Crippen molar-refractivity contribution >= 4 is 34.8 Å². The van der Waals surface area contributed by atoms with Gasteiger partial charge in [0.2, 0.25) is 11.8 Å². The number of unbranched alkanes of at least 4 members (excludes halogenated alkanes) is 1. The van der Waals surface area contributed by atoms with Crippen LogP contribution in [0, 0.1) is 11.8 Å². The fourth-order valence-electron chi connectivity index (χ4n) is 7.62. The lowest BCUT2D eigenvalue weighted by molar-refractivity contribution is -0.140. The second-order valence-electron chi connectivity index (χ2n) is 12.0. The number of para-hydroxylation sites is 1. The van der Waals surface area contributed by atoms with Gasteiger partial charge in [0.15, 0.2) is 0 Å². The second-order valence-corrected chi connectivity index (χ2v) is 12.0. The summed E-state index contributed by atoms with van der Waals surface area (Å²) in [7, 11) is 0. The minimum Gasteiger partial charge on any atom is -0.396 e. The number of hydrogen-bond acceptors (Lipinski definition) is 6. The molecule has 3 heterocycles. The maximum atomic E-state index is 14.8. The van der Waals surface area contributed by atoms with Gasteiger partial charge in [0.1, 0.15) is 11.6 Å². The number of nitrogens with zero attached hydrogens (tertiary/aromatic N) is 4. The SMILES string of the molecule is C=CCN(C(=O)C1N(CCCCO)C(=O)[C@@H]2[C@@H](C(=O)N(CC=C)c3ccccc3)[C@H]3CCC12O3)c1ccc(N(CC)CC)cc1. The molecule has 2 aromatic carbocycles. The van der Waals surface area contributed by atoms with Crippen LogP contribution in [0.1, 0.15) is 39.5 Å². The predicted octanol–water partition coefficient (Wildman–Crippen LogP) is 4.42. The summed E-state index contributed by atoms with van der Waals surface area (Å²) in [4.78, 5) is 50.7. The van der Waals surface area contributed by atoms with Gasteiger partial charge in [0, 0.05) is 56.4 Å². The summed E-state index contributed by atoms with van der Waals surface area (Å²) in [6.07, 6.45) is 5.04. The number of anilines is 3. The van der Waals surface area contributed by atoms with Gasteiger partial charge in [-0.15, -0.1) is 13.2 Å². The Kier molecular flexibility index (Phi) is 10.1. The third-order valence-corrected chi connectivity index (χ3v) is 9.64. The minimum absolute atomic E-state index is 0.00996. The van der Waals surface area contributed by atoms with E-state index in [0.717, 1.165) is 24.5 Å². The topological polar surface area (TPSA) is 93.6 Å². The molecule has 3 aliphatic rings. The van der Waals surface area contributed by atoms with Gasteiger partial charge in [-0.2, -0.15) is 0 Å². The molecule has 0 aliphatic carbocycles. The highest BCUT2D eigenvalue weighted by Gasteiger charge is 2.74. The van der Waals surface area contributed by atoms with E-state index in [1.54, 1.807) is 26.9 Å². The summed E-state index contributed by atoms with van der Waals surface area (Å²) in [6.45, 7) is 14.6. The molecule has 45 heavy (non-hydrogen) atoms. The van der Waals surface area contributed by atoms with Crippen molar-refractivity contribution in [2.75, 3.05) is 54.0 Å². The van der Waals surface area contributed by atoms with Gasteiger partial charge in [0.05, 0.1) is 17.9 Å². The predicted molar refractivity (Wildman–Crippen MR) is 177 cm³/mol. The molecule has 2 unspecified atom stereocenters. The fourth-order valence-corrected chi connectivity index (χ4v) is 7.62. The first-order valence-electron chi connectivity index (χ1n) is 16.2. The van der Waals surface area contributed by atoms with E-state index in [1.165, 1.54) is 0 Å². The highest BCUT2D eigenvalue weighted by Crippen LogP contribution is 2.59. The number of amides is 3. The van der Waals surface area contributed by atoms with Gasteiger partial charge in [-0.25, -0.2) is 0 Å². The van der Waals surface area contributed by atoms with Gasteiger partial charge in [-0.05, 0) is 75.9 Å². The van der Waals surface area contributed by atoms with E-state index < -0.39 is 29.6 Å². The Bertz CT molecular complexity index is 1380. The molecule has 240 valence electrons. The number of fused-ring (bicyclic) bond motifs is 1. The van der Waals surface area contributed by atoms with Crippen LogP contribution in [0.2, 0.25) is 0 Å². The maximum Gasteiger partial charge on any atom is 0.253 e. The molecule has 9 heteroatoms. The van der Waals surface area contributed by atoms with Crippen LogP contribution in [0.5, 0.6) is 0 Å². The highest BCUT2D eigenvalue weighted by molar-refractivity contribution is 6.06. The van der Waals surface area contributed by atoms with Crippen molar-refractivity contribution in [1.82, 2.24) is 4.90 Å². The van der Waals surface area contributed by atoms with Crippen LogP contribution in [0.4, 0.5) is 17.1 Å². The molecule has 0 saturated carbocycles. The van der Waals surface area contributed by atoms with Crippen molar-refractivity contribution in [3.63, 3.8) is 0 Å². The van der Waals surface area contributed by atoms with Crippen molar-refractivity contribution in [1.29, 1.82) is 0 Å². The molecule has 9 nitrogen and oxygen atoms in total. The molecule has 5 rings (SSSR count). The molecule has 3 amide bonds. The van der Waals surface area contributed by atoms with E-state index in [-0.39, 0.29) is 30.9 Å². The van der Waals surface area contributed by atoms with E-state index >= 15 is 0 Å². The number of ether oxygens (including phenoxy) is 1. The van der Waals surface area contributed by atoms with Gasteiger partial charge in [-0.1, -0.05) is 30.4 Å². The zero-order chi connectivity index (χ0) is 32.1. The van der Waals surface area contributed by atoms with Crippen molar-refractivity contribution < 1.29 is 24.2 Å². The minimum atomic E-state index is -1.12. The molecule has 5 atom stereocenters. The number of aliphatic hydroxyl groups excluding tert-OH is 1. The summed E-state index contributed by atoms with van der Waals surface area (Å²) >= 11 is 0. The van der Waals surface area contributed by atoms with Crippen LogP contribution >= 0.6 is 0 Å². The van der Waals surface area contributed by atoms with Gasteiger partial charge < -0.3 is 29.4 Å². The van der Waals surface area contributed by atoms with Crippen molar-refractivity contribution in [2.45, 2.75) is 57.3 Å². The average Bonchev–Trinajstić information content (AvgIpc) is 3.71. The van der Waals surface area contributed by atoms with E-state index in [4.69, 9.17) is 4.74 Å². The van der Waals surface area contributed by atoms with E-state index in [2.05, 4.69) is 31.9 Å². The Balaban J connectivity index is 1.52. The van der Waals surface area contributed by atoms with Crippen LogP contribution < -0.4 is 14.7 Å². The number of likely N-dealkylation sites (tertiary alicyclic amines) is 1. The highest BCUT2D eigenvalue weighted by atomic mass is 16.5. The number of carbonyl (C=O) groups excluding carboxylic acids is 3. The summed E-state index contributed by atoms with van der Waals surface area (Å²) in [5.41, 5.74) is 1.38. The Morgan fingerprint density at radius 3 is 2.13 bits per heavy atom. The largest absolute Gasteiger partial charge is 0.396 e. The average molecular weight is 615 g/mol. The Labute approximate surface area is 266 Å². The molecule has 3 aliphatic heterocycles. The number of carbonyl (C=O) groups is 3. The first-order chi connectivity index (χ1) is 21.9. The van der Waals surface area contributed by atoms with Crippen LogP contribution in [0.25, 0.3) is 0 Å². The Morgan fingerprint density at radius 2 is 1.53 bits per heavy atom. The van der Waals surface area contributed by atoms with Crippen molar-refractivity contribution in [3.05, 3.63) is 79.9 Å². The van der Waals surface area contributed by atoms with E-state index in [1.807, 2.05) is 54.6 Å². The maximum absolute atomic E-state index is 14.8. The smallest absolute Gasteiger partial charge is 0.253 e. The summed E-state index contributed by atoms with van der Waals surface area (Å²) < 4.78 is 6.70. The normalized spacial score (nSPS) is 24.8. The molecular weight excluding hydrogens is 568 g/mol. The van der Waals surface area contributed by atoms with Gasteiger partial charge >= 0.3 is 0 Å². The van der Waals surface area contributed by atoms with Crippen LogP contribution in [0.15, 0.2) is 79.9 Å². The number of rotatable bonds is 15. The molecule has 2 bridgehead atoms. The van der Waals surface area contributed by atoms with Gasteiger partial charge in [0.25, 0.3) is 5.91 Å².